The zero-order valence-corrected chi connectivity index (χ0v) is 19.8. The first-order valence-corrected chi connectivity index (χ1v) is 11.2. The van der Waals surface area contributed by atoms with Gasteiger partial charge in [0.2, 0.25) is 0 Å². The second-order valence-corrected chi connectivity index (χ2v) is 8.11. The minimum atomic E-state index is -0.192. The number of benzene rings is 2. The number of nitrogens with zero attached hydrogens (tertiary/aromatic N) is 6. The third-order valence-corrected chi connectivity index (χ3v) is 5.79. The number of hydrogen-bond donors (Lipinski definition) is 1. The fourth-order valence-corrected chi connectivity index (χ4v) is 4.00. The van der Waals surface area contributed by atoms with Gasteiger partial charge in [0.05, 0.1) is 42.0 Å². The Labute approximate surface area is 209 Å². The average Bonchev–Trinajstić information content (AvgIpc) is 2.91. The molecule has 1 aliphatic rings. The van der Waals surface area contributed by atoms with Crippen molar-refractivity contribution < 1.29 is 0 Å². The van der Waals surface area contributed by atoms with Crippen LogP contribution in [0.15, 0.2) is 77.9 Å². The van der Waals surface area contributed by atoms with Gasteiger partial charge in [0.1, 0.15) is 0 Å². The van der Waals surface area contributed by atoms with Gasteiger partial charge in [0.25, 0.3) is 5.56 Å². The molecule has 176 valence electrons. The highest BCUT2D eigenvalue weighted by atomic mass is 35.5. The number of anilines is 1. The fraction of sp³-hybridized carbons (Fsp3) is 0.192. The summed E-state index contributed by atoms with van der Waals surface area (Å²) in [4.78, 5) is 23.9. The van der Waals surface area contributed by atoms with Gasteiger partial charge in [-0.15, -0.1) is 12.4 Å². The van der Waals surface area contributed by atoms with E-state index in [1.165, 1.54) is 10.7 Å². The van der Waals surface area contributed by atoms with E-state index in [0.717, 1.165) is 48.6 Å². The first kappa shape index (κ1) is 24.1. The number of rotatable bonds is 5. The van der Waals surface area contributed by atoms with Crippen LogP contribution < -0.4 is 15.8 Å². The molecule has 1 N–H and O–H groups in total. The smallest absolute Gasteiger partial charge is 0.267 e. The van der Waals surface area contributed by atoms with Crippen LogP contribution in [0, 0.1) is 11.3 Å². The molecule has 1 fully saturated rings. The van der Waals surface area contributed by atoms with Crippen molar-refractivity contribution in [3.8, 4) is 28.7 Å². The maximum Gasteiger partial charge on any atom is 0.267 e. The topological polar surface area (TPSA) is 99.7 Å². The summed E-state index contributed by atoms with van der Waals surface area (Å²) in [6.07, 6.45) is 3.73. The standard InChI is InChI=1S/C26H23N7O.ClH/c27-15-19-3-1-5-21(13-19)24-7-8-25(34)33(31-24)18-20-4-2-6-22(14-20)26-29-16-23(17-30-26)32-11-9-28-10-12-32;/h1-8,13-14,16-17,28H,9-12,18H2;1H. The van der Waals surface area contributed by atoms with Crippen molar-refractivity contribution in [2.75, 3.05) is 31.1 Å². The van der Waals surface area contributed by atoms with Gasteiger partial charge in [-0.2, -0.15) is 10.4 Å². The van der Waals surface area contributed by atoms with Crippen molar-refractivity contribution in [3.63, 3.8) is 0 Å². The molecule has 0 atom stereocenters. The maximum atomic E-state index is 12.5. The largest absolute Gasteiger partial charge is 0.366 e. The van der Waals surface area contributed by atoms with Crippen LogP contribution in [0.25, 0.3) is 22.6 Å². The van der Waals surface area contributed by atoms with E-state index in [1.54, 1.807) is 18.2 Å². The molecule has 8 nitrogen and oxygen atoms in total. The van der Waals surface area contributed by atoms with Gasteiger partial charge in [-0.3, -0.25) is 4.79 Å². The summed E-state index contributed by atoms with van der Waals surface area (Å²) in [6, 6.07) is 20.3. The van der Waals surface area contributed by atoms with E-state index in [0.29, 0.717) is 23.6 Å². The summed E-state index contributed by atoms with van der Waals surface area (Å²) in [5.74, 6) is 0.642. The molecule has 9 heteroatoms. The maximum absolute atomic E-state index is 12.5. The van der Waals surface area contributed by atoms with E-state index in [-0.39, 0.29) is 18.0 Å². The van der Waals surface area contributed by atoms with Gasteiger partial charge < -0.3 is 10.2 Å². The summed E-state index contributed by atoms with van der Waals surface area (Å²) in [7, 11) is 0. The second-order valence-electron chi connectivity index (χ2n) is 8.11. The molecule has 1 saturated heterocycles. The molecule has 4 aromatic rings. The summed E-state index contributed by atoms with van der Waals surface area (Å²) < 4.78 is 1.43. The normalized spacial score (nSPS) is 13.1. The van der Waals surface area contributed by atoms with Crippen molar-refractivity contribution >= 4 is 18.1 Å². The van der Waals surface area contributed by atoms with Gasteiger partial charge in [0, 0.05) is 43.4 Å². The van der Waals surface area contributed by atoms with Crippen LogP contribution in [0.2, 0.25) is 0 Å². The molecule has 3 heterocycles. The molecule has 0 radical (unpaired) electrons. The number of aromatic nitrogens is 4. The summed E-state index contributed by atoms with van der Waals surface area (Å²) in [5, 5.41) is 17.0. The van der Waals surface area contributed by atoms with Gasteiger partial charge in [-0.25, -0.2) is 14.6 Å². The summed E-state index contributed by atoms with van der Waals surface area (Å²) >= 11 is 0. The average molecular weight is 486 g/mol. The predicted octanol–water partition coefficient (Wildman–Crippen LogP) is 3.12. The Kier molecular flexibility index (Phi) is 7.51. The molecule has 0 spiro atoms. The molecule has 1 aliphatic heterocycles. The highest BCUT2D eigenvalue weighted by Gasteiger charge is 2.12. The van der Waals surface area contributed by atoms with Crippen LogP contribution in [0.5, 0.6) is 0 Å². The van der Waals surface area contributed by atoms with Crippen LogP contribution in [0.1, 0.15) is 11.1 Å². The Balaban J connectivity index is 0.00000289. The molecule has 35 heavy (non-hydrogen) atoms. The molecule has 5 rings (SSSR count). The molecule has 0 aliphatic carbocycles. The number of nitriles is 1. The third kappa shape index (κ3) is 5.54. The zero-order chi connectivity index (χ0) is 23.3. The fourth-order valence-electron chi connectivity index (χ4n) is 4.00. The highest BCUT2D eigenvalue weighted by molar-refractivity contribution is 5.85. The molecule has 2 aromatic carbocycles. The molecule has 0 saturated carbocycles. The van der Waals surface area contributed by atoms with E-state index >= 15 is 0 Å². The zero-order valence-electron chi connectivity index (χ0n) is 19.0. The molecular weight excluding hydrogens is 462 g/mol. The molecule has 2 aromatic heterocycles. The summed E-state index contributed by atoms with van der Waals surface area (Å²) in [5.41, 5.74) is 4.61. The lowest BCUT2D eigenvalue weighted by Crippen LogP contribution is -2.43. The lowest BCUT2D eigenvalue weighted by molar-refractivity contribution is 0.588. The van der Waals surface area contributed by atoms with Crippen LogP contribution in [-0.2, 0) is 6.54 Å². The molecule has 0 amide bonds. The van der Waals surface area contributed by atoms with Crippen LogP contribution >= 0.6 is 12.4 Å². The van der Waals surface area contributed by atoms with Gasteiger partial charge in [-0.05, 0) is 29.8 Å². The number of nitrogens with one attached hydrogen (secondary N) is 1. The minimum Gasteiger partial charge on any atom is -0.366 e. The van der Waals surface area contributed by atoms with Crippen molar-refractivity contribution in [1.29, 1.82) is 5.26 Å². The van der Waals surface area contributed by atoms with Crippen molar-refractivity contribution in [2.24, 2.45) is 0 Å². The monoisotopic (exact) mass is 485 g/mol. The Hall–Kier alpha value is -4.06. The van der Waals surface area contributed by atoms with Gasteiger partial charge >= 0.3 is 0 Å². The van der Waals surface area contributed by atoms with Gasteiger partial charge in [0.15, 0.2) is 5.82 Å². The minimum absolute atomic E-state index is 0. The number of piperazine rings is 1. The van der Waals surface area contributed by atoms with Crippen LogP contribution in [0.3, 0.4) is 0 Å². The van der Waals surface area contributed by atoms with Crippen molar-refractivity contribution in [3.05, 3.63) is 94.5 Å². The third-order valence-electron chi connectivity index (χ3n) is 5.79. The first-order chi connectivity index (χ1) is 16.7. The quantitative estimate of drug-likeness (QED) is 0.463. The Bertz CT molecular complexity index is 1410. The number of hydrogen-bond acceptors (Lipinski definition) is 7. The SMILES string of the molecule is Cl.N#Cc1cccc(-c2ccc(=O)n(Cc3cccc(-c4ncc(N5CCNCC5)cn4)c3)n2)c1. The number of halogens is 1. The van der Waals surface area contributed by atoms with E-state index < -0.39 is 0 Å². The van der Waals surface area contributed by atoms with E-state index in [2.05, 4.69) is 31.4 Å². The highest BCUT2D eigenvalue weighted by Crippen LogP contribution is 2.20. The van der Waals surface area contributed by atoms with E-state index in [1.807, 2.05) is 48.8 Å². The summed E-state index contributed by atoms with van der Waals surface area (Å²) in [6.45, 7) is 4.13. The predicted molar refractivity (Wildman–Crippen MR) is 138 cm³/mol. The Morgan fingerprint density at radius 3 is 2.46 bits per heavy atom. The van der Waals surface area contributed by atoms with Crippen LogP contribution in [-0.4, -0.2) is 45.9 Å². The Morgan fingerprint density at radius 1 is 0.943 bits per heavy atom. The van der Waals surface area contributed by atoms with Crippen molar-refractivity contribution in [1.82, 2.24) is 25.1 Å². The van der Waals surface area contributed by atoms with Crippen molar-refractivity contribution in [2.45, 2.75) is 6.54 Å². The lowest BCUT2D eigenvalue weighted by atomic mass is 10.1. The van der Waals surface area contributed by atoms with E-state index in [4.69, 9.17) is 5.26 Å². The van der Waals surface area contributed by atoms with E-state index in [9.17, 15) is 4.79 Å². The second kappa shape index (κ2) is 10.9. The Morgan fingerprint density at radius 2 is 1.69 bits per heavy atom. The van der Waals surface area contributed by atoms with Crippen LogP contribution in [0.4, 0.5) is 5.69 Å². The molecule has 0 unspecified atom stereocenters. The molecule has 0 bridgehead atoms. The van der Waals surface area contributed by atoms with Gasteiger partial charge in [-0.1, -0.05) is 30.3 Å². The molecular formula is C26H24ClN7O. The first-order valence-electron chi connectivity index (χ1n) is 11.2. The lowest BCUT2D eigenvalue weighted by Gasteiger charge is -2.28.